The molecular formula is C18H21N5O3. The smallest absolute Gasteiger partial charge is 0.299 e. The lowest BCUT2D eigenvalue weighted by molar-refractivity contribution is 0.233. The van der Waals surface area contributed by atoms with Crippen molar-refractivity contribution in [1.29, 1.82) is 0 Å². The average Bonchev–Trinajstić information content (AvgIpc) is 2.63. The first-order valence-corrected chi connectivity index (χ1v) is 8.34. The lowest BCUT2D eigenvalue weighted by Crippen LogP contribution is -2.42. The maximum Gasteiger partial charge on any atom is 0.330 e. The Balaban J connectivity index is 1.91. The van der Waals surface area contributed by atoms with E-state index in [0.717, 1.165) is 22.4 Å². The lowest BCUT2D eigenvalue weighted by atomic mass is 10.1. The molecule has 0 bridgehead atoms. The van der Waals surface area contributed by atoms with Gasteiger partial charge in [-0.2, -0.15) is 5.10 Å². The van der Waals surface area contributed by atoms with Crippen LogP contribution in [0.15, 0.2) is 20.4 Å². The highest BCUT2D eigenvalue weighted by Crippen LogP contribution is 2.17. The van der Waals surface area contributed by atoms with E-state index in [9.17, 15) is 14.4 Å². The number of aromatic nitrogens is 4. The van der Waals surface area contributed by atoms with Gasteiger partial charge in [0.25, 0.3) is 11.1 Å². The van der Waals surface area contributed by atoms with Crippen LogP contribution in [-0.2, 0) is 40.2 Å². The summed E-state index contributed by atoms with van der Waals surface area (Å²) in [4.78, 5) is 38.6. The molecule has 0 fully saturated rings. The van der Waals surface area contributed by atoms with Gasteiger partial charge in [0.15, 0.2) is 0 Å². The molecule has 0 atom stereocenters. The van der Waals surface area contributed by atoms with Gasteiger partial charge in [0.1, 0.15) is 6.54 Å². The van der Waals surface area contributed by atoms with Gasteiger partial charge >= 0.3 is 5.69 Å². The van der Waals surface area contributed by atoms with Crippen molar-refractivity contribution < 1.29 is 0 Å². The van der Waals surface area contributed by atoms with Gasteiger partial charge in [-0.15, -0.1) is 6.42 Å². The van der Waals surface area contributed by atoms with Crippen LogP contribution < -0.4 is 16.8 Å². The highest BCUT2D eigenvalue weighted by molar-refractivity contribution is 5.22. The SMILES string of the molecule is C#CCn1nc2c(cc1=O)CN(Cc1c(C)c(=O)n(C)c(=O)n1C)CC2. The van der Waals surface area contributed by atoms with E-state index in [0.29, 0.717) is 30.8 Å². The van der Waals surface area contributed by atoms with Gasteiger partial charge in [-0.1, -0.05) is 5.92 Å². The lowest BCUT2D eigenvalue weighted by Gasteiger charge is -2.29. The Labute approximate surface area is 150 Å². The Kier molecular flexibility index (Phi) is 4.66. The molecule has 1 aliphatic heterocycles. The largest absolute Gasteiger partial charge is 0.330 e. The van der Waals surface area contributed by atoms with E-state index >= 15 is 0 Å². The molecule has 0 saturated heterocycles. The Hall–Kier alpha value is -2.92. The van der Waals surface area contributed by atoms with Crippen molar-refractivity contribution >= 4 is 0 Å². The third-order valence-corrected chi connectivity index (χ3v) is 4.87. The van der Waals surface area contributed by atoms with Crippen LogP contribution in [0.5, 0.6) is 0 Å². The molecule has 1 aliphatic rings. The molecular weight excluding hydrogens is 334 g/mol. The summed E-state index contributed by atoms with van der Waals surface area (Å²) in [5.74, 6) is 2.43. The van der Waals surface area contributed by atoms with Crippen LogP contribution in [-0.4, -0.2) is 30.4 Å². The van der Waals surface area contributed by atoms with Crippen molar-refractivity contribution in [1.82, 2.24) is 23.8 Å². The number of hydrogen-bond donors (Lipinski definition) is 0. The third-order valence-electron chi connectivity index (χ3n) is 4.87. The van der Waals surface area contributed by atoms with E-state index in [1.807, 2.05) is 0 Å². The standard InChI is InChI=1S/C18H21N5O3/c1-5-7-23-16(24)9-13-10-22(8-6-14(13)19-23)11-15-12(2)17(25)21(4)18(26)20(15)3/h1,9H,6-8,10-11H2,2-4H3. The van der Waals surface area contributed by atoms with Gasteiger partial charge in [0.05, 0.1) is 5.69 Å². The quantitative estimate of drug-likeness (QED) is 0.669. The fourth-order valence-corrected chi connectivity index (χ4v) is 3.32. The van der Waals surface area contributed by atoms with E-state index in [4.69, 9.17) is 6.42 Å². The molecule has 0 aliphatic carbocycles. The van der Waals surface area contributed by atoms with Crippen LogP contribution in [0.2, 0.25) is 0 Å². The molecule has 0 aromatic carbocycles. The van der Waals surface area contributed by atoms with E-state index in [1.54, 1.807) is 20.0 Å². The minimum Gasteiger partial charge on any atom is -0.299 e. The van der Waals surface area contributed by atoms with Crippen LogP contribution in [0.4, 0.5) is 0 Å². The second-order valence-electron chi connectivity index (χ2n) is 6.55. The molecule has 136 valence electrons. The molecule has 3 rings (SSSR count). The van der Waals surface area contributed by atoms with Crippen LogP contribution >= 0.6 is 0 Å². The first-order chi connectivity index (χ1) is 12.3. The number of hydrogen-bond acceptors (Lipinski definition) is 5. The second-order valence-corrected chi connectivity index (χ2v) is 6.55. The van der Waals surface area contributed by atoms with E-state index in [1.165, 1.54) is 16.3 Å². The summed E-state index contributed by atoms with van der Waals surface area (Å²) >= 11 is 0. The van der Waals surface area contributed by atoms with E-state index < -0.39 is 0 Å². The van der Waals surface area contributed by atoms with Crippen molar-refractivity contribution in [2.24, 2.45) is 14.1 Å². The molecule has 0 saturated carbocycles. The molecule has 2 aromatic heterocycles. The van der Waals surface area contributed by atoms with Crippen LogP contribution in [0, 0.1) is 19.3 Å². The van der Waals surface area contributed by atoms with Crippen molar-refractivity contribution in [3.63, 3.8) is 0 Å². The summed E-state index contributed by atoms with van der Waals surface area (Å²) in [6.45, 7) is 3.61. The molecule has 3 heterocycles. The highest BCUT2D eigenvalue weighted by Gasteiger charge is 2.21. The Bertz CT molecular complexity index is 1050. The summed E-state index contributed by atoms with van der Waals surface area (Å²) in [6, 6.07) is 1.57. The number of rotatable bonds is 3. The average molecular weight is 355 g/mol. The van der Waals surface area contributed by atoms with Gasteiger partial charge in [0.2, 0.25) is 0 Å². The molecule has 0 N–H and O–H groups in total. The summed E-state index contributed by atoms with van der Waals surface area (Å²) < 4.78 is 3.92. The summed E-state index contributed by atoms with van der Waals surface area (Å²) in [5.41, 5.74) is 2.14. The molecule has 26 heavy (non-hydrogen) atoms. The molecule has 0 unspecified atom stereocenters. The predicted octanol–water partition coefficient (Wildman–Crippen LogP) is -0.859. The van der Waals surface area contributed by atoms with Gasteiger partial charge in [-0.25, -0.2) is 9.48 Å². The molecule has 0 amide bonds. The molecule has 8 heteroatoms. The van der Waals surface area contributed by atoms with Crippen molar-refractivity contribution in [3.8, 4) is 12.3 Å². The van der Waals surface area contributed by atoms with Crippen LogP contribution in [0.25, 0.3) is 0 Å². The van der Waals surface area contributed by atoms with Crippen LogP contribution in [0.3, 0.4) is 0 Å². The number of nitrogens with zero attached hydrogens (tertiary/aromatic N) is 5. The highest BCUT2D eigenvalue weighted by atomic mass is 16.2. The van der Waals surface area contributed by atoms with Gasteiger partial charge in [0, 0.05) is 57.5 Å². The van der Waals surface area contributed by atoms with Gasteiger partial charge in [-0.3, -0.25) is 23.6 Å². The summed E-state index contributed by atoms with van der Waals surface area (Å²) in [7, 11) is 3.15. The minimum atomic E-state index is -0.341. The first kappa shape index (κ1) is 17.9. The number of terminal acetylenes is 1. The van der Waals surface area contributed by atoms with Crippen molar-refractivity contribution in [2.45, 2.75) is 33.0 Å². The normalized spacial score (nSPS) is 14.1. The Morgan fingerprint density at radius 1 is 1.23 bits per heavy atom. The van der Waals surface area contributed by atoms with Gasteiger partial charge < -0.3 is 0 Å². The Morgan fingerprint density at radius 2 is 1.96 bits per heavy atom. The predicted molar refractivity (Wildman–Crippen MR) is 96.8 cm³/mol. The summed E-state index contributed by atoms with van der Waals surface area (Å²) in [5, 5.41) is 4.35. The molecule has 0 spiro atoms. The maximum absolute atomic E-state index is 12.2. The zero-order valence-electron chi connectivity index (χ0n) is 15.2. The summed E-state index contributed by atoms with van der Waals surface area (Å²) in [6.07, 6.45) is 5.94. The van der Waals surface area contributed by atoms with Crippen LogP contribution in [0.1, 0.15) is 22.5 Å². The van der Waals surface area contributed by atoms with E-state index in [2.05, 4.69) is 15.9 Å². The van der Waals surface area contributed by atoms with Gasteiger partial charge in [-0.05, 0) is 12.5 Å². The molecule has 0 radical (unpaired) electrons. The fraction of sp³-hybridized carbons (Fsp3) is 0.444. The molecule has 8 nitrogen and oxygen atoms in total. The molecule has 2 aromatic rings. The zero-order chi connectivity index (χ0) is 19.0. The van der Waals surface area contributed by atoms with Crippen molar-refractivity contribution in [3.05, 3.63) is 59.8 Å². The number of fused-ring (bicyclic) bond motifs is 1. The minimum absolute atomic E-state index is 0.157. The van der Waals surface area contributed by atoms with Crippen molar-refractivity contribution in [2.75, 3.05) is 6.54 Å². The maximum atomic E-state index is 12.2. The Morgan fingerprint density at radius 3 is 2.65 bits per heavy atom. The van der Waals surface area contributed by atoms with E-state index in [-0.39, 0.29) is 23.4 Å². The second kappa shape index (κ2) is 6.77. The zero-order valence-corrected chi connectivity index (χ0v) is 15.2. The monoisotopic (exact) mass is 355 g/mol. The third kappa shape index (κ3) is 3.02. The topological polar surface area (TPSA) is 82.1 Å². The first-order valence-electron chi connectivity index (χ1n) is 8.34. The fourth-order valence-electron chi connectivity index (χ4n) is 3.32.